The van der Waals surface area contributed by atoms with E-state index in [1.807, 2.05) is 66.6 Å². The van der Waals surface area contributed by atoms with Crippen LogP contribution >= 0.6 is 11.3 Å². The zero-order valence-corrected chi connectivity index (χ0v) is 22.5. The Morgan fingerprint density at radius 2 is 1.79 bits per heavy atom. The van der Waals surface area contributed by atoms with E-state index >= 15 is 0 Å². The number of benzene rings is 2. The molecule has 192 valence electrons. The van der Waals surface area contributed by atoms with Crippen LogP contribution in [0.5, 0.6) is 0 Å². The Bertz CT molecular complexity index is 1580. The van der Waals surface area contributed by atoms with Crippen molar-refractivity contribution in [1.29, 1.82) is 0 Å². The Morgan fingerprint density at radius 3 is 2.55 bits per heavy atom. The fourth-order valence-corrected chi connectivity index (χ4v) is 6.00. The van der Waals surface area contributed by atoms with Gasteiger partial charge in [-0.2, -0.15) is 0 Å². The topological polar surface area (TPSA) is 81.3 Å². The minimum absolute atomic E-state index is 0.0491. The number of carbonyl (C=O) groups is 2. The van der Waals surface area contributed by atoms with Crippen LogP contribution in [0.3, 0.4) is 0 Å². The Hall–Kier alpha value is -4.01. The maximum absolute atomic E-state index is 13.3. The van der Waals surface area contributed by atoms with Crippen LogP contribution in [0.15, 0.2) is 53.9 Å². The molecule has 1 saturated heterocycles. The molecule has 6 rings (SSSR count). The third kappa shape index (κ3) is 4.36. The Labute approximate surface area is 225 Å². The third-order valence-corrected chi connectivity index (χ3v) is 8.28. The van der Waals surface area contributed by atoms with Crippen molar-refractivity contribution in [1.82, 2.24) is 19.8 Å². The number of nitrogens with zero attached hydrogens (tertiary/aromatic N) is 3. The number of thiazole rings is 1. The highest BCUT2D eigenvalue weighted by Crippen LogP contribution is 2.38. The average molecular weight is 524 g/mol. The van der Waals surface area contributed by atoms with E-state index in [9.17, 15) is 9.59 Å². The monoisotopic (exact) mass is 523 g/mol. The van der Waals surface area contributed by atoms with Gasteiger partial charge in [0, 0.05) is 65.3 Å². The zero-order valence-electron chi connectivity index (χ0n) is 21.7. The summed E-state index contributed by atoms with van der Waals surface area (Å²) in [6.07, 6.45) is 1.86. The number of anilines is 1. The van der Waals surface area contributed by atoms with Gasteiger partial charge in [0.25, 0.3) is 11.8 Å². The molecule has 2 N–H and O–H groups in total. The number of carbonyl (C=O) groups excluding carboxylic acids is 2. The summed E-state index contributed by atoms with van der Waals surface area (Å²) in [5.41, 5.74) is 8.30. The van der Waals surface area contributed by atoms with Crippen molar-refractivity contribution in [2.45, 2.75) is 13.8 Å². The number of likely N-dealkylation sites (N-methyl/N-ethyl adjacent to an activating group) is 1. The summed E-state index contributed by atoms with van der Waals surface area (Å²) < 4.78 is 0. The van der Waals surface area contributed by atoms with Crippen LogP contribution in [0.2, 0.25) is 0 Å². The SMILES string of the molecule is Cc1[nH]c(C=C2C(=O)Nc3cc(-c4csc(-c5ccccc5)n4)ccc32)c(C)c1C(=O)N1CCN(C)CC1. The molecule has 2 aliphatic heterocycles. The number of rotatable bonds is 4. The number of nitrogens with one attached hydrogen (secondary N) is 2. The molecule has 0 bridgehead atoms. The lowest BCUT2D eigenvalue weighted by atomic mass is 10.0. The zero-order chi connectivity index (χ0) is 26.4. The van der Waals surface area contributed by atoms with Crippen LogP contribution < -0.4 is 5.32 Å². The largest absolute Gasteiger partial charge is 0.358 e. The van der Waals surface area contributed by atoms with E-state index in [4.69, 9.17) is 4.98 Å². The van der Waals surface area contributed by atoms with E-state index in [1.165, 1.54) is 0 Å². The minimum Gasteiger partial charge on any atom is -0.358 e. The van der Waals surface area contributed by atoms with Gasteiger partial charge in [-0.15, -0.1) is 11.3 Å². The van der Waals surface area contributed by atoms with E-state index in [-0.39, 0.29) is 11.8 Å². The van der Waals surface area contributed by atoms with Crippen LogP contribution in [-0.2, 0) is 4.79 Å². The number of aromatic nitrogens is 2. The number of H-pyrrole nitrogens is 1. The van der Waals surface area contributed by atoms with Gasteiger partial charge in [-0.1, -0.05) is 42.5 Å². The highest BCUT2D eigenvalue weighted by molar-refractivity contribution is 7.13. The first-order valence-corrected chi connectivity index (χ1v) is 13.6. The van der Waals surface area contributed by atoms with Gasteiger partial charge in [0.2, 0.25) is 0 Å². The smallest absolute Gasteiger partial charge is 0.256 e. The molecule has 2 aliphatic rings. The highest BCUT2D eigenvalue weighted by Gasteiger charge is 2.28. The van der Waals surface area contributed by atoms with Gasteiger partial charge < -0.3 is 20.1 Å². The van der Waals surface area contributed by atoms with Crippen LogP contribution in [0, 0.1) is 13.8 Å². The molecule has 2 amide bonds. The van der Waals surface area contributed by atoms with Crippen molar-refractivity contribution in [3.8, 4) is 21.8 Å². The first-order valence-electron chi connectivity index (χ1n) is 12.7. The Morgan fingerprint density at radius 1 is 1.03 bits per heavy atom. The summed E-state index contributed by atoms with van der Waals surface area (Å²) in [5.74, 6) is -0.105. The predicted molar refractivity (Wildman–Crippen MR) is 153 cm³/mol. The van der Waals surface area contributed by atoms with Crippen molar-refractivity contribution in [2.75, 3.05) is 38.5 Å². The molecule has 7 nitrogen and oxygen atoms in total. The van der Waals surface area contributed by atoms with Gasteiger partial charge in [-0.3, -0.25) is 9.59 Å². The van der Waals surface area contributed by atoms with Crippen molar-refractivity contribution in [2.24, 2.45) is 0 Å². The van der Waals surface area contributed by atoms with Crippen LogP contribution in [-0.4, -0.2) is 64.8 Å². The van der Waals surface area contributed by atoms with Crippen LogP contribution in [0.25, 0.3) is 33.5 Å². The number of hydrogen-bond acceptors (Lipinski definition) is 5. The summed E-state index contributed by atoms with van der Waals surface area (Å²) in [7, 11) is 2.07. The fraction of sp³-hybridized carbons (Fsp3) is 0.233. The molecule has 0 spiro atoms. The summed E-state index contributed by atoms with van der Waals surface area (Å²) >= 11 is 1.60. The lowest BCUT2D eigenvalue weighted by Crippen LogP contribution is -2.47. The number of hydrogen-bond donors (Lipinski definition) is 2. The lowest BCUT2D eigenvalue weighted by Gasteiger charge is -2.32. The second-order valence-electron chi connectivity index (χ2n) is 9.94. The summed E-state index contributed by atoms with van der Waals surface area (Å²) in [6, 6.07) is 16.1. The number of piperazine rings is 1. The van der Waals surface area contributed by atoms with Crippen molar-refractivity contribution in [3.63, 3.8) is 0 Å². The molecule has 0 radical (unpaired) electrons. The quantitative estimate of drug-likeness (QED) is 0.356. The molecule has 38 heavy (non-hydrogen) atoms. The number of aryl methyl sites for hydroxylation is 1. The minimum atomic E-state index is -0.154. The molecule has 0 unspecified atom stereocenters. The van der Waals surface area contributed by atoms with Crippen molar-refractivity contribution >= 4 is 40.5 Å². The Balaban J connectivity index is 1.28. The van der Waals surface area contributed by atoms with Gasteiger partial charge in [-0.05, 0) is 38.6 Å². The number of aromatic amines is 1. The van der Waals surface area contributed by atoms with Crippen LogP contribution in [0.1, 0.15) is 32.9 Å². The maximum atomic E-state index is 13.3. The second kappa shape index (κ2) is 9.70. The molecular weight excluding hydrogens is 494 g/mol. The molecule has 4 aromatic rings. The van der Waals surface area contributed by atoms with Gasteiger partial charge >= 0.3 is 0 Å². The van der Waals surface area contributed by atoms with E-state index in [2.05, 4.69) is 34.4 Å². The first kappa shape index (κ1) is 24.3. The molecule has 0 atom stereocenters. The Kier molecular flexibility index (Phi) is 6.21. The van der Waals surface area contributed by atoms with E-state index in [1.54, 1.807) is 11.3 Å². The number of amides is 2. The standard InChI is InChI=1S/C30H29N5O2S/c1-18-24(31-19(2)27(18)30(37)35-13-11-34(3)12-14-35)16-23-22-10-9-21(15-25(22)32-28(23)36)26-17-38-29(33-26)20-7-5-4-6-8-20/h4-10,15-17,31H,11-14H2,1-3H3,(H,32,36). The fourth-order valence-electron chi connectivity index (χ4n) is 5.17. The van der Waals surface area contributed by atoms with Gasteiger partial charge in [0.15, 0.2) is 0 Å². The van der Waals surface area contributed by atoms with Gasteiger partial charge in [-0.25, -0.2) is 4.98 Å². The average Bonchev–Trinajstić information content (AvgIpc) is 3.61. The van der Waals surface area contributed by atoms with E-state index < -0.39 is 0 Å². The van der Waals surface area contributed by atoms with Gasteiger partial charge in [0.1, 0.15) is 5.01 Å². The lowest BCUT2D eigenvalue weighted by molar-refractivity contribution is -0.110. The predicted octanol–water partition coefficient (Wildman–Crippen LogP) is 5.30. The van der Waals surface area contributed by atoms with E-state index in [0.717, 1.165) is 76.2 Å². The molecule has 4 heterocycles. The van der Waals surface area contributed by atoms with Crippen molar-refractivity contribution < 1.29 is 9.59 Å². The highest BCUT2D eigenvalue weighted by atomic mass is 32.1. The molecule has 0 aliphatic carbocycles. The summed E-state index contributed by atoms with van der Waals surface area (Å²) in [4.78, 5) is 38.6. The first-order chi connectivity index (χ1) is 18.4. The molecule has 0 saturated carbocycles. The molecule has 2 aromatic carbocycles. The van der Waals surface area contributed by atoms with Crippen molar-refractivity contribution in [3.05, 3.63) is 82.0 Å². The number of fused-ring (bicyclic) bond motifs is 1. The second-order valence-corrected chi connectivity index (χ2v) is 10.8. The summed E-state index contributed by atoms with van der Waals surface area (Å²) in [5, 5.41) is 6.02. The molecular formula is C30H29N5O2S. The van der Waals surface area contributed by atoms with Crippen LogP contribution in [0.4, 0.5) is 5.69 Å². The molecule has 8 heteroatoms. The van der Waals surface area contributed by atoms with Gasteiger partial charge in [0.05, 0.1) is 16.8 Å². The third-order valence-electron chi connectivity index (χ3n) is 7.39. The van der Waals surface area contributed by atoms with E-state index in [0.29, 0.717) is 11.1 Å². The molecule has 2 aromatic heterocycles. The maximum Gasteiger partial charge on any atom is 0.256 e. The summed E-state index contributed by atoms with van der Waals surface area (Å²) in [6.45, 7) is 7.06. The normalized spacial score (nSPS) is 16.7. The molecule has 1 fully saturated rings.